The van der Waals surface area contributed by atoms with Gasteiger partial charge in [-0.05, 0) is 43.0 Å². The van der Waals surface area contributed by atoms with Gasteiger partial charge in [-0.25, -0.2) is 0 Å². The predicted octanol–water partition coefficient (Wildman–Crippen LogP) is 3.15. The Morgan fingerprint density at radius 1 is 1.19 bits per heavy atom. The van der Waals surface area contributed by atoms with E-state index in [1.165, 1.54) is 11.3 Å². The fourth-order valence-electron chi connectivity index (χ4n) is 2.52. The van der Waals surface area contributed by atoms with Gasteiger partial charge in [-0.2, -0.15) is 11.3 Å². The van der Waals surface area contributed by atoms with E-state index >= 15 is 0 Å². The number of thiophene rings is 1. The molecule has 2 amide bonds. The van der Waals surface area contributed by atoms with Crippen LogP contribution in [0.1, 0.15) is 41.7 Å². The predicted molar refractivity (Wildman–Crippen MR) is 102 cm³/mol. The molecule has 6 nitrogen and oxygen atoms in total. The maximum Gasteiger partial charge on any atom is 0.252 e. The fraction of sp³-hybridized carbons (Fsp3) is 0.368. The molecule has 0 bridgehead atoms. The maximum atomic E-state index is 12.2. The van der Waals surface area contributed by atoms with E-state index in [0.717, 1.165) is 5.56 Å². The highest BCUT2D eigenvalue weighted by Crippen LogP contribution is 2.29. The number of carbonyl (C=O) groups excluding carboxylic acids is 2. The molecule has 1 heterocycles. The van der Waals surface area contributed by atoms with E-state index in [0.29, 0.717) is 36.4 Å². The third-order valence-corrected chi connectivity index (χ3v) is 4.61. The summed E-state index contributed by atoms with van der Waals surface area (Å²) in [5.41, 5.74) is 1.50. The van der Waals surface area contributed by atoms with Gasteiger partial charge in [-0.1, -0.05) is 0 Å². The van der Waals surface area contributed by atoms with Crippen molar-refractivity contribution in [1.29, 1.82) is 0 Å². The molecule has 2 N–H and O–H groups in total. The van der Waals surface area contributed by atoms with E-state index in [-0.39, 0.29) is 17.9 Å². The van der Waals surface area contributed by atoms with Crippen molar-refractivity contribution in [2.24, 2.45) is 0 Å². The Kier molecular flexibility index (Phi) is 7.47. The van der Waals surface area contributed by atoms with Gasteiger partial charge in [0.25, 0.3) is 5.91 Å². The second kappa shape index (κ2) is 9.82. The van der Waals surface area contributed by atoms with E-state index in [4.69, 9.17) is 9.47 Å². The number of methoxy groups -OCH3 is 2. The van der Waals surface area contributed by atoms with Gasteiger partial charge in [0.2, 0.25) is 5.91 Å². The normalized spacial score (nSPS) is 11.5. The Balaban J connectivity index is 1.79. The molecule has 26 heavy (non-hydrogen) atoms. The first-order valence-corrected chi connectivity index (χ1v) is 9.31. The van der Waals surface area contributed by atoms with Gasteiger partial charge in [0.05, 0.1) is 20.3 Å². The average Bonchev–Trinajstić information content (AvgIpc) is 3.19. The average molecular weight is 376 g/mol. The summed E-state index contributed by atoms with van der Waals surface area (Å²) in [6.07, 6.45) is 0.907. The van der Waals surface area contributed by atoms with E-state index in [9.17, 15) is 9.59 Å². The lowest BCUT2D eigenvalue weighted by molar-refractivity contribution is -0.121. The third-order valence-electron chi connectivity index (χ3n) is 3.93. The summed E-state index contributed by atoms with van der Waals surface area (Å²) in [7, 11) is 3.19. The number of carbonyl (C=O) groups is 2. The summed E-state index contributed by atoms with van der Waals surface area (Å²) in [5, 5.41) is 9.42. The van der Waals surface area contributed by atoms with Gasteiger partial charge < -0.3 is 20.1 Å². The summed E-state index contributed by atoms with van der Waals surface area (Å²) >= 11 is 1.48. The first kappa shape index (κ1) is 19.8. The van der Waals surface area contributed by atoms with Crippen LogP contribution in [0.15, 0.2) is 35.0 Å². The van der Waals surface area contributed by atoms with Crippen molar-refractivity contribution in [2.75, 3.05) is 20.8 Å². The first-order chi connectivity index (χ1) is 12.5. The highest BCUT2D eigenvalue weighted by atomic mass is 32.1. The Hall–Kier alpha value is -2.54. The SMILES string of the molecule is COc1ccc(OC)c(C(C)NC(=O)CCCNC(=O)c2ccsc2)c1. The maximum absolute atomic E-state index is 12.2. The lowest BCUT2D eigenvalue weighted by Gasteiger charge is -2.18. The minimum Gasteiger partial charge on any atom is -0.497 e. The molecular weight excluding hydrogens is 352 g/mol. The van der Waals surface area contributed by atoms with Gasteiger partial charge in [-0.15, -0.1) is 0 Å². The summed E-state index contributed by atoms with van der Waals surface area (Å²) in [5.74, 6) is 1.22. The molecule has 0 saturated carbocycles. The van der Waals surface area contributed by atoms with Crippen molar-refractivity contribution < 1.29 is 19.1 Å². The van der Waals surface area contributed by atoms with Crippen LogP contribution in [0.5, 0.6) is 11.5 Å². The highest BCUT2D eigenvalue weighted by molar-refractivity contribution is 7.08. The second-order valence-corrected chi connectivity index (χ2v) is 6.55. The Bertz CT molecular complexity index is 731. The fourth-order valence-corrected chi connectivity index (χ4v) is 3.15. The van der Waals surface area contributed by atoms with Crippen LogP contribution in [-0.4, -0.2) is 32.6 Å². The van der Waals surface area contributed by atoms with Crippen LogP contribution in [0, 0.1) is 0 Å². The molecule has 0 radical (unpaired) electrons. The third kappa shape index (κ3) is 5.49. The molecule has 0 aliphatic carbocycles. The van der Waals surface area contributed by atoms with Crippen LogP contribution >= 0.6 is 11.3 Å². The minimum absolute atomic E-state index is 0.0767. The number of benzene rings is 1. The summed E-state index contributed by atoms with van der Waals surface area (Å²) in [6, 6.07) is 7.04. The van der Waals surface area contributed by atoms with E-state index in [2.05, 4.69) is 10.6 Å². The number of hydrogen-bond acceptors (Lipinski definition) is 5. The molecule has 1 aromatic heterocycles. The van der Waals surface area contributed by atoms with Gasteiger partial charge >= 0.3 is 0 Å². The van der Waals surface area contributed by atoms with Gasteiger partial charge in [0.15, 0.2) is 0 Å². The topological polar surface area (TPSA) is 76.7 Å². The standard InChI is InChI=1S/C19H24N2O4S/c1-13(16-11-15(24-2)6-7-17(16)25-3)21-18(22)5-4-9-20-19(23)14-8-10-26-12-14/h6-8,10-13H,4-5,9H2,1-3H3,(H,20,23)(H,21,22). The van der Waals surface area contributed by atoms with Crippen molar-refractivity contribution >= 4 is 23.2 Å². The Morgan fingerprint density at radius 2 is 2.00 bits per heavy atom. The van der Waals surface area contributed by atoms with Gasteiger partial charge in [0.1, 0.15) is 11.5 Å². The van der Waals surface area contributed by atoms with Crippen molar-refractivity contribution in [3.63, 3.8) is 0 Å². The van der Waals surface area contributed by atoms with Crippen LogP contribution < -0.4 is 20.1 Å². The molecule has 1 unspecified atom stereocenters. The molecule has 1 aromatic carbocycles. The molecule has 0 aliphatic rings. The highest BCUT2D eigenvalue weighted by Gasteiger charge is 2.15. The number of hydrogen-bond donors (Lipinski definition) is 2. The van der Waals surface area contributed by atoms with Gasteiger partial charge in [0, 0.05) is 29.5 Å². The van der Waals surface area contributed by atoms with Crippen LogP contribution in [0.3, 0.4) is 0 Å². The van der Waals surface area contributed by atoms with E-state index in [1.807, 2.05) is 30.5 Å². The Morgan fingerprint density at radius 3 is 2.65 bits per heavy atom. The largest absolute Gasteiger partial charge is 0.497 e. The summed E-state index contributed by atoms with van der Waals surface area (Å²) < 4.78 is 10.6. The smallest absolute Gasteiger partial charge is 0.252 e. The zero-order chi connectivity index (χ0) is 18.9. The monoisotopic (exact) mass is 376 g/mol. The van der Waals surface area contributed by atoms with Crippen LogP contribution in [0.2, 0.25) is 0 Å². The first-order valence-electron chi connectivity index (χ1n) is 8.36. The lowest BCUT2D eigenvalue weighted by atomic mass is 10.1. The Labute approximate surface area is 157 Å². The molecule has 0 aliphatic heterocycles. The van der Waals surface area contributed by atoms with Crippen molar-refractivity contribution in [2.45, 2.75) is 25.8 Å². The van der Waals surface area contributed by atoms with Gasteiger partial charge in [-0.3, -0.25) is 9.59 Å². The van der Waals surface area contributed by atoms with E-state index < -0.39 is 0 Å². The molecule has 1 atom stereocenters. The second-order valence-electron chi connectivity index (χ2n) is 5.77. The molecule has 2 aromatic rings. The minimum atomic E-state index is -0.215. The zero-order valence-corrected chi connectivity index (χ0v) is 16.0. The van der Waals surface area contributed by atoms with Crippen molar-refractivity contribution in [3.05, 3.63) is 46.2 Å². The molecule has 7 heteroatoms. The van der Waals surface area contributed by atoms with Crippen molar-refractivity contribution in [3.8, 4) is 11.5 Å². The molecular formula is C19H24N2O4S. The van der Waals surface area contributed by atoms with Crippen LogP contribution in [-0.2, 0) is 4.79 Å². The lowest BCUT2D eigenvalue weighted by Crippen LogP contribution is -2.29. The molecule has 0 saturated heterocycles. The number of nitrogens with one attached hydrogen (secondary N) is 2. The summed E-state index contributed by atoms with van der Waals surface area (Å²) in [4.78, 5) is 24.0. The molecule has 140 valence electrons. The zero-order valence-electron chi connectivity index (χ0n) is 15.2. The molecule has 0 fully saturated rings. The molecule has 2 rings (SSSR count). The van der Waals surface area contributed by atoms with E-state index in [1.54, 1.807) is 25.7 Å². The molecule has 0 spiro atoms. The summed E-state index contributed by atoms with van der Waals surface area (Å²) in [6.45, 7) is 2.35. The number of ether oxygens (including phenoxy) is 2. The number of amides is 2. The van der Waals surface area contributed by atoms with Crippen molar-refractivity contribution in [1.82, 2.24) is 10.6 Å². The van der Waals surface area contributed by atoms with Crippen LogP contribution in [0.25, 0.3) is 0 Å². The van der Waals surface area contributed by atoms with Crippen LogP contribution in [0.4, 0.5) is 0 Å². The number of rotatable bonds is 9. The quantitative estimate of drug-likeness (QED) is 0.659.